The Labute approximate surface area is 137 Å². The molecule has 0 aromatic heterocycles. The number of carbonyl (C=O) groups excluding carboxylic acids is 2. The van der Waals surface area contributed by atoms with Gasteiger partial charge in [-0.1, -0.05) is 6.07 Å². The first-order chi connectivity index (χ1) is 11.0. The first kappa shape index (κ1) is 18.9. The Bertz CT molecular complexity index is 506. The number of hydrogen-bond acceptors (Lipinski definition) is 4. The zero-order valence-corrected chi connectivity index (χ0v) is 13.9. The van der Waals surface area contributed by atoms with Crippen molar-refractivity contribution in [1.82, 2.24) is 16.0 Å². The highest BCUT2D eigenvalue weighted by Gasteiger charge is 2.08. The monoisotopic (exact) mass is 322 g/mol. The molecule has 0 bridgehead atoms. The summed E-state index contributed by atoms with van der Waals surface area (Å²) in [7, 11) is 1.64. The normalized spacial score (nSPS) is 10.4. The summed E-state index contributed by atoms with van der Waals surface area (Å²) < 4.78 is 4.92. The molecule has 0 saturated carbocycles. The standard InChI is InChI=1S/C16H26N4O3/c1-12(2)19-16(22)20-14-6-4-5-13(11-14)15(21)18-8-7-17-9-10-23-3/h4-6,11-12,17H,7-10H2,1-3H3,(H,18,21)(H2,19,20,22). The van der Waals surface area contributed by atoms with Gasteiger partial charge in [-0.25, -0.2) is 4.79 Å². The Hall–Kier alpha value is -2.12. The quantitative estimate of drug-likeness (QED) is 0.514. The van der Waals surface area contributed by atoms with E-state index in [1.54, 1.807) is 31.4 Å². The third-order valence-electron chi connectivity index (χ3n) is 2.87. The summed E-state index contributed by atoms with van der Waals surface area (Å²) in [5.74, 6) is -0.175. The van der Waals surface area contributed by atoms with Crippen LogP contribution in [0.1, 0.15) is 24.2 Å². The van der Waals surface area contributed by atoms with E-state index in [2.05, 4.69) is 21.3 Å². The summed E-state index contributed by atoms with van der Waals surface area (Å²) >= 11 is 0. The molecule has 0 aliphatic carbocycles. The van der Waals surface area contributed by atoms with Crippen LogP contribution in [0.3, 0.4) is 0 Å². The van der Waals surface area contributed by atoms with Gasteiger partial charge in [-0.3, -0.25) is 4.79 Å². The van der Waals surface area contributed by atoms with Crippen LogP contribution < -0.4 is 21.3 Å². The molecular weight excluding hydrogens is 296 g/mol. The first-order valence-corrected chi connectivity index (χ1v) is 7.68. The van der Waals surface area contributed by atoms with Crippen LogP contribution in [0.4, 0.5) is 10.5 Å². The van der Waals surface area contributed by atoms with E-state index in [4.69, 9.17) is 4.74 Å². The number of carbonyl (C=O) groups is 2. The fraction of sp³-hybridized carbons (Fsp3) is 0.500. The third kappa shape index (κ3) is 8.18. The van der Waals surface area contributed by atoms with Gasteiger partial charge in [0.05, 0.1) is 6.61 Å². The van der Waals surface area contributed by atoms with Gasteiger partial charge in [-0.05, 0) is 32.0 Å². The number of ether oxygens (including phenoxy) is 1. The van der Waals surface area contributed by atoms with E-state index in [0.717, 1.165) is 6.54 Å². The van der Waals surface area contributed by atoms with Crippen LogP contribution in [0, 0.1) is 0 Å². The molecule has 0 atom stereocenters. The van der Waals surface area contributed by atoms with Crippen LogP contribution in [-0.4, -0.2) is 51.3 Å². The van der Waals surface area contributed by atoms with Crippen LogP contribution in [0.15, 0.2) is 24.3 Å². The molecule has 0 radical (unpaired) electrons. The van der Waals surface area contributed by atoms with Gasteiger partial charge in [-0.2, -0.15) is 0 Å². The van der Waals surface area contributed by atoms with E-state index >= 15 is 0 Å². The largest absolute Gasteiger partial charge is 0.383 e. The Kier molecular flexibility index (Phi) is 8.71. The molecule has 0 heterocycles. The fourth-order valence-electron chi connectivity index (χ4n) is 1.83. The first-order valence-electron chi connectivity index (χ1n) is 7.68. The zero-order valence-electron chi connectivity index (χ0n) is 13.9. The molecule has 1 aromatic rings. The predicted molar refractivity (Wildman–Crippen MR) is 90.8 cm³/mol. The van der Waals surface area contributed by atoms with Gasteiger partial charge in [0.1, 0.15) is 0 Å². The molecule has 0 saturated heterocycles. The molecule has 7 nitrogen and oxygen atoms in total. The number of nitrogens with one attached hydrogen (secondary N) is 4. The molecular formula is C16H26N4O3. The van der Waals surface area contributed by atoms with Crippen molar-refractivity contribution in [1.29, 1.82) is 0 Å². The van der Waals surface area contributed by atoms with Crippen LogP contribution >= 0.6 is 0 Å². The van der Waals surface area contributed by atoms with E-state index in [9.17, 15) is 9.59 Å². The Balaban J connectivity index is 2.42. The van der Waals surface area contributed by atoms with Crippen molar-refractivity contribution in [3.63, 3.8) is 0 Å². The lowest BCUT2D eigenvalue weighted by atomic mass is 10.2. The Morgan fingerprint density at radius 2 is 1.96 bits per heavy atom. The SMILES string of the molecule is COCCNCCNC(=O)c1cccc(NC(=O)NC(C)C)c1. The fourth-order valence-corrected chi connectivity index (χ4v) is 1.83. The maximum atomic E-state index is 12.1. The molecule has 0 spiro atoms. The number of rotatable bonds is 9. The molecule has 4 N–H and O–H groups in total. The van der Waals surface area contributed by atoms with Gasteiger partial charge >= 0.3 is 6.03 Å². The van der Waals surface area contributed by atoms with Crippen molar-refractivity contribution in [2.24, 2.45) is 0 Å². The second-order valence-corrected chi connectivity index (χ2v) is 5.33. The van der Waals surface area contributed by atoms with Crippen molar-refractivity contribution in [3.05, 3.63) is 29.8 Å². The summed E-state index contributed by atoms with van der Waals surface area (Å²) in [5.41, 5.74) is 1.08. The van der Waals surface area contributed by atoms with Gasteiger partial charge in [0.2, 0.25) is 0 Å². The number of hydrogen-bond donors (Lipinski definition) is 4. The van der Waals surface area contributed by atoms with Gasteiger partial charge in [-0.15, -0.1) is 0 Å². The third-order valence-corrected chi connectivity index (χ3v) is 2.87. The number of methoxy groups -OCH3 is 1. The second kappa shape index (κ2) is 10.6. The highest BCUT2D eigenvalue weighted by molar-refractivity contribution is 5.96. The lowest BCUT2D eigenvalue weighted by Crippen LogP contribution is -2.34. The summed E-state index contributed by atoms with van der Waals surface area (Å²) in [5, 5.41) is 11.4. The Morgan fingerprint density at radius 3 is 2.65 bits per heavy atom. The molecule has 0 fully saturated rings. The summed E-state index contributed by atoms with van der Waals surface area (Å²) in [4.78, 5) is 23.7. The number of anilines is 1. The lowest BCUT2D eigenvalue weighted by Gasteiger charge is -2.11. The van der Waals surface area contributed by atoms with Crippen molar-refractivity contribution >= 4 is 17.6 Å². The van der Waals surface area contributed by atoms with Gasteiger partial charge < -0.3 is 26.0 Å². The lowest BCUT2D eigenvalue weighted by molar-refractivity contribution is 0.0953. The summed E-state index contributed by atoms with van der Waals surface area (Å²) in [6.07, 6.45) is 0. The van der Waals surface area contributed by atoms with Crippen LogP contribution in [-0.2, 0) is 4.74 Å². The minimum Gasteiger partial charge on any atom is -0.383 e. The van der Waals surface area contributed by atoms with Crippen LogP contribution in [0.2, 0.25) is 0 Å². The van der Waals surface area contributed by atoms with E-state index in [0.29, 0.717) is 30.9 Å². The smallest absolute Gasteiger partial charge is 0.319 e. The second-order valence-electron chi connectivity index (χ2n) is 5.33. The predicted octanol–water partition coefficient (Wildman–Crippen LogP) is 1.18. The van der Waals surface area contributed by atoms with Crippen LogP contribution in [0.25, 0.3) is 0 Å². The summed E-state index contributed by atoms with van der Waals surface area (Å²) in [6.45, 7) is 6.34. The maximum Gasteiger partial charge on any atom is 0.319 e. The molecule has 0 aliphatic rings. The minimum atomic E-state index is -0.292. The van der Waals surface area contributed by atoms with Crippen molar-refractivity contribution in [2.45, 2.75) is 19.9 Å². The van der Waals surface area contributed by atoms with Gasteiger partial charge in [0, 0.05) is 44.0 Å². The minimum absolute atomic E-state index is 0.0482. The van der Waals surface area contributed by atoms with Crippen molar-refractivity contribution in [3.8, 4) is 0 Å². The zero-order chi connectivity index (χ0) is 17.1. The molecule has 23 heavy (non-hydrogen) atoms. The average Bonchev–Trinajstić information content (AvgIpc) is 2.50. The molecule has 7 heteroatoms. The van der Waals surface area contributed by atoms with Gasteiger partial charge in [0.25, 0.3) is 5.91 Å². The van der Waals surface area contributed by atoms with E-state index in [1.807, 2.05) is 13.8 Å². The molecule has 0 aliphatic heterocycles. The van der Waals surface area contributed by atoms with E-state index in [-0.39, 0.29) is 18.0 Å². The molecule has 128 valence electrons. The summed E-state index contributed by atoms with van der Waals surface area (Å²) in [6, 6.07) is 6.58. The van der Waals surface area contributed by atoms with E-state index < -0.39 is 0 Å². The maximum absolute atomic E-state index is 12.1. The van der Waals surface area contributed by atoms with Crippen LogP contribution in [0.5, 0.6) is 0 Å². The molecule has 1 rings (SSSR count). The van der Waals surface area contributed by atoms with E-state index in [1.165, 1.54) is 0 Å². The number of benzene rings is 1. The number of urea groups is 1. The Morgan fingerprint density at radius 1 is 1.17 bits per heavy atom. The highest BCUT2D eigenvalue weighted by Crippen LogP contribution is 2.10. The van der Waals surface area contributed by atoms with Gasteiger partial charge in [0.15, 0.2) is 0 Å². The molecule has 0 unspecified atom stereocenters. The molecule has 3 amide bonds. The number of amides is 3. The highest BCUT2D eigenvalue weighted by atomic mass is 16.5. The topological polar surface area (TPSA) is 91.5 Å². The van der Waals surface area contributed by atoms with Crippen molar-refractivity contribution < 1.29 is 14.3 Å². The molecule has 1 aromatic carbocycles. The average molecular weight is 322 g/mol. The van der Waals surface area contributed by atoms with Crippen molar-refractivity contribution in [2.75, 3.05) is 38.7 Å².